The summed E-state index contributed by atoms with van der Waals surface area (Å²) >= 11 is 6.88. The van der Waals surface area contributed by atoms with Gasteiger partial charge >= 0.3 is 0 Å². The van der Waals surface area contributed by atoms with Crippen LogP contribution in [-0.2, 0) is 9.53 Å². The van der Waals surface area contributed by atoms with E-state index in [2.05, 4.69) is 5.32 Å². The Labute approximate surface area is 127 Å². The number of ether oxygens (including phenoxy) is 1. The van der Waals surface area contributed by atoms with Crippen LogP contribution in [0.15, 0.2) is 17.1 Å². The van der Waals surface area contributed by atoms with Crippen molar-refractivity contribution in [3.63, 3.8) is 0 Å². The first-order valence-electron chi connectivity index (χ1n) is 6.65. The first-order chi connectivity index (χ1) is 9.65. The molecule has 0 aliphatic carbocycles. The second-order valence-corrected chi connectivity index (χ2v) is 6.34. The lowest BCUT2D eigenvalue weighted by Crippen LogP contribution is -2.37. The molecule has 1 amide bonds. The SMILES string of the molecule is Cc1ccsc1C=C1NC(=S)N(CC2CCCO2)C1=O. The summed E-state index contributed by atoms with van der Waals surface area (Å²) in [5.74, 6) is -0.0571. The molecular formula is C14H16N2O2S2. The summed E-state index contributed by atoms with van der Waals surface area (Å²) < 4.78 is 5.57. The zero-order valence-corrected chi connectivity index (χ0v) is 12.9. The number of thiophene rings is 1. The van der Waals surface area contributed by atoms with E-state index in [1.165, 1.54) is 5.56 Å². The van der Waals surface area contributed by atoms with E-state index in [9.17, 15) is 4.79 Å². The summed E-state index contributed by atoms with van der Waals surface area (Å²) in [7, 11) is 0. The van der Waals surface area contributed by atoms with Crippen molar-refractivity contribution < 1.29 is 9.53 Å². The molecule has 20 heavy (non-hydrogen) atoms. The Hall–Kier alpha value is -1.24. The van der Waals surface area contributed by atoms with Crippen molar-refractivity contribution in [1.29, 1.82) is 0 Å². The van der Waals surface area contributed by atoms with Gasteiger partial charge in [-0.25, -0.2) is 0 Å². The second kappa shape index (κ2) is 5.63. The summed E-state index contributed by atoms with van der Waals surface area (Å²) in [6.07, 6.45) is 4.05. The molecule has 3 heterocycles. The van der Waals surface area contributed by atoms with E-state index >= 15 is 0 Å². The average Bonchev–Trinajstić information content (AvgIpc) is 3.11. The number of nitrogens with one attached hydrogen (secondary N) is 1. The average molecular weight is 308 g/mol. The van der Waals surface area contributed by atoms with Gasteiger partial charge in [0.1, 0.15) is 5.70 Å². The fraction of sp³-hybridized carbons (Fsp3) is 0.429. The van der Waals surface area contributed by atoms with Crippen molar-refractivity contribution >= 4 is 40.7 Å². The van der Waals surface area contributed by atoms with Crippen LogP contribution in [0.25, 0.3) is 6.08 Å². The number of amides is 1. The molecule has 6 heteroatoms. The van der Waals surface area contributed by atoms with E-state index in [-0.39, 0.29) is 12.0 Å². The Morgan fingerprint density at radius 1 is 1.65 bits per heavy atom. The van der Waals surface area contributed by atoms with Gasteiger partial charge in [-0.05, 0) is 55.1 Å². The molecule has 0 spiro atoms. The molecule has 0 radical (unpaired) electrons. The Balaban J connectivity index is 1.76. The van der Waals surface area contributed by atoms with Crippen LogP contribution < -0.4 is 5.32 Å². The lowest BCUT2D eigenvalue weighted by molar-refractivity contribution is -0.123. The van der Waals surface area contributed by atoms with Crippen LogP contribution in [0.3, 0.4) is 0 Å². The largest absolute Gasteiger partial charge is 0.376 e. The lowest BCUT2D eigenvalue weighted by Gasteiger charge is -2.18. The van der Waals surface area contributed by atoms with Crippen LogP contribution in [0.2, 0.25) is 0 Å². The van der Waals surface area contributed by atoms with Crippen molar-refractivity contribution in [1.82, 2.24) is 10.2 Å². The van der Waals surface area contributed by atoms with Gasteiger partial charge in [0.05, 0.1) is 12.6 Å². The van der Waals surface area contributed by atoms with Gasteiger partial charge in [0.2, 0.25) is 0 Å². The van der Waals surface area contributed by atoms with Crippen molar-refractivity contribution in [3.05, 3.63) is 27.6 Å². The van der Waals surface area contributed by atoms with Crippen LogP contribution in [0, 0.1) is 6.92 Å². The molecule has 0 aromatic carbocycles. The van der Waals surface area contributed by atoms with Gasteiger partial charge in [0, 0.05) is 11.5 Å². The van der Waals surface area contributed by atoms with Crippen molar-refractivity contribution in [2.24, 2.45) is 0 Å². The Bertz CT molecular complexity index is 573. The molecule has 0 bridgehead atoms. The molecule has 2 aliphatic heterocycles. The lowest BCUT2D eigenvalue weighted by atomic mass is 10.2. The molecule has 3 rings (SSSR count). The molecule has 2 fully saturated rings. The summed E-state index contributed by atoms with van der Waals surface area (Å²) in [6, 6.07) is 2.04. The smallest absolute Gasteiger partial charge is 0.276 e. The maximum absolute atomic E-state index is 12.4. The van der Waals surface area contributed by atoms with Crippen LogP contribution in [0.5, 0.6) is 0 Å². The third-order valence-corrected chi connectivity index (χ3v) is 4.84. The quantitative estimate of drug-likeness (QED) is 0.687. The first-order valence-corrected chi connectivity index (χ1v) is 7.94. The highest BCUT2D eigenvalue weighted by atomic mass is 32.1. The van der Waals surface area contributed by atoms with E-state index in [1.54, 1.807) is 16.2 Å². The third-order valence-electron chi connectivity index (χ3n) is 3.55. The van der Waals surface area contributed by atoms with E-state index in [0.29, 0.717) is 17.4 Å². The highest BCUT2D eigenvalue weighted by Crippen LogP contribution is 2.22. The molecular weight excluding hydrogens is 292 g/mol. The van der Waals surface area contributed by atoms with Crippen molar-refractivity contribution in [2.75, 3.05) is 13.2 Å². The zero-order valence-electron chi connectivity index (χ0n) is 11.2. The monoisotopic (exact) mass is 308 g/mol. The van der Waals surface area contributed by atoms with E-state index in [4.69, 9.17) is 17.0 Å². The summed E-state index contributed by atoms with van der Waals surface area (Å²) in [4.78, 5) is 15.1. The van der Waals surface area contributed by atoms with Crippen molar-refractivity contribution in [2.45, 2.75) is 25.9 Å². The van der Waals surface area contributed by atoms with E-state index in [1.807, 2.05) is 24.4 Å². The summed E-state index contributed by atoms with van der Waals surface area (Å²) in [5, 5.41) is 5.51. The molecule has 106 valence electrons. The first kappa shape index (κ1) is 13.7. The minimum atomic E-state index is -0.0571. The maximum Gasteiger partial charge on any atom is 0.276 e. The van der Waals surface area contributed by atoms with Gasteiger partial charge in [-0.3, -0.25) is 9.69 Å². The predicted octanol–water partition coefficient (Wildman–Crippen LogP) is 2.29. The Morgan fingerprint density at radius 2 is 2.50 bits per heavy atom. The minimum absolute atomic E-state index is 0.0571. The summed E-state index contributed by atoms with van der Waals surface area (Å²) in [6.45, 7) is 3.36. The van der Waals surface area contributed by atoms with Gasteiger partial charge in [0.15, 0.2) is 5.11 Å². The van der Waals surface area contributed by atoms with Gasteiger partial charge in [0.25, 0.3) is 5.91 Å². The van der Waals surface area contributed by atoms with Crippen LogP contribution in [0.4, 0.5) is 0 Å². The number of carbonyl (C=O) groups excluding carboxylic acids is 1. The van der Waals surface area contributed by atoms with Gasteiger partial charge in [-0.15, -0.1) is 11.3 Å². The van der Waals surface area contributed by atoms with E-state index in [0.717, 1.165) is 24.3 Å². The molecule has 2 aliphatic rings. The molecule has 4 nitrogen and oxygen atoms in total. The number of thiocarbonyl (C=S) groups is 1. The number of rotatable bonds is 3. The molecule has 1 N–H and O–H groups in total. The van der Waals surface area contributed by atoms with Gasteiger partial charge in [-0.2, -0.15) is 0 Å². The maximum atomic E-state index is 12.4. The summed E-state index contributed by atoms with van der Waals surface area (Å²) in [5.41, 5.74) is 1.72. The molecule has 2 saturated heterocycles. The highest BCUT2D eigenvalue weighted by Gasteiger charge is 2.33. The fourth-order valence-corrected chi connectivity index (χ4v) is 3.52. The topological polar surface area (TPSA) is 41.6 Å². The molecule has 1 aromatic rings. The number of aryl methyl sites for hydroxylation is 1. The minimum Gasteiger partial charge on any atom is -0.376 e. The van der Waals surface area contributed by atoms with Gasteiger partial charge in [-0.1, -0.05) is 0 Å². The Morgan fingerprint density at radius 3 is 3.15 bits per heavy atom. The van der Waals surface area contributed by atoms with Crippen LogP contribution in [0.1, 0.15) is 23.3 Å². The normalized spacial score (nSPS) is 24.8. The standard InChI is InChI=1S/C14H16N2O2S2/c1-9-4-6-20-12(9)7-11-13(17)16(14(19)15-11)8-10-3-2-5-18-10/h4,6-7,10H,2-3,5,8H2,1H3,(H,15,19). The molecule has 0 saturated carbocycles. The van der Waals surface area contributed by atoms with Crippen LogP contribution >= 0.6 is 23.6 Å². The Kier molecular flexibility index (Phi) is 3.87. The number of hydrogen-bond donors (Lipinski definition) is 1. The van der Waals surface area contributed by atoms with Crippen LogP contribution in [-0.4, -0.2) is 35.2 Å². The highest BCUT2D eigenvalue weighted by molar-refractivity contribution is 7.80. The number of nitrogens with zero attached hydrogens (tertiary/aromatic N) is 1. The van der Waals surface area contributed by atoms with E-state index < -0.39 is 0 Å². The molecule has 1 atom stereocenters. The number of carbonyl (C=O) groups is 1. The molecule has 1 unspecified atom stereocenters. The van der Waals surface area contributed by atoms with Crippen molar-refractivity contribution in [3.8, 4) is 0 Å². The van der Waals surface area contributed by atoms with Gasteiger partial charge < -0.3 is 10.1 Å². The second-order valence-electron chi connectivity index (χ2n) is 5.01. The predicted molar refractivity (Wildman–Crippen MR) is 83.5 cm³/mol. The fourth-order valence-electron chi connectivity index (χ4n) is 2.39. The zero-order chi connectivity index (χ0) is 14.1. The number of hydrogen-bond acceptors (Lipinski definition) is 4. The molecule has 1 aromatic heterocycles. The third kappa shape index (κ3) is 2.63.